The van der Waals surface area contributed by atoms with Gasteiger partial charge in [-0.3, -0.25) is 14.7 Å². The Bertz CT molecular complexity index is 1170. The van der Waals surface area contributed by atoms with E-state index in [2.05, 4.69) is 0 Å². The van der Waals surface area contributed by atoms with Gasteiger partial charge in [-0.1, -0.05) is 78.5 Å². The van der Waals surface area contributed by atoms with Crippen LogP contribution < -0.4 is 4.90 Å². The van der Waals surface area contributed by atoms with Crippen molar-refractivity contribution in [1.29, 1.82) is 0 Å². The Morgan fingerprint density at radius 1 is 0.857 bits per heavy atom. The smallest absolute Gasteiger partial charge is 0.243 e. The fourth-order valence-electron chi connectivity index (χ4n) is 3.50. The van der Waals surface area contributed by atoms with E-state index in [1.807, 2.05) is 78.9 Å². The Kier molecular flexibility index (Phi) is 4.29. The van der Waals surface area contributed by atoms with Crippen molar-refractivity contribution in [2.75, 3.05) is 10.7 Å². The zero-order valence-electron chi connectivity index (χ0n) is 15.1. The van der Waals surface area contributed by atoms with E-state index in [1.165, 1.54) is 11.8 Å². The van der Waals surface area contributed by atoms with Gasteiger partial charge in [-0.05, 0) is 17.7 Å². The molecule has 5 rings (SSSR count). The van der Waals surface area contributed by atoms with E-state index in [0.29, 0.717) is 12.3 Å². The van der Waals surface area contributed by atoms with E-state index < -0.39 is 0 Å². The normalized spacial score (nSPS) is 15.8. The minimum absolute atomic E-state index is 0.0540. The largest absolute Gasteiger partial charge is 0.273 e. The first kappa shape index (κ1) is 17.0. The highest BCUT2D eigenvalue weighted by Gasteiger charge is 2.32. The summed E-state index contributed by atoms with van der Waals surface area (Å²) in [5.41, 5.74) is 3.76. The van der Waals surface area contributed by atoms with E-state index in [9.17, 15) is 4.79 Å². The van der Waals surface area contributed by atoms with Gasteiger partial charge in [0.2, 0.25) is 5.91 Å². The second-order valence-electron chi connectivity index (χ2n) is 6.60. The van der Waals surface area contributed by atoms with Crippen molar-refractivity contribution in [1.82, 2.24) is 4.98 Å². The average molecular weight is 383 g/mol. The van der Waals surface area contributed by atoms with Crippen LogP contribution in [0.25, 0.3) is 21.8 Å². The first-order chi connectivity index (χ1) is 13.8. The molecule has 4 nitrogen and oxygen atoms in total. The van der Waals surface area contributed by atoms with Crippen LogP contribution in [0.5, 0.6) is 0 Å². The van der Waals surface area contributed by atoms with Crippen LogP contribution in [0, 0.1) is 0 Å². The van der Waals surface area contributed by atoms with Crippen LogP contribution in [0.1, 0.15) is 5.56 Å². The quantitative estimate of drug-likeness (QED) is 0.467. The third-order valence-electron chi connectivity index (χ3n) is 4.79. The molecule has 0 unspecified atom stereocenters. The highest BCUT2D eigenvalue weighted by Crippen LogP contribution is 2.37. The maximum atomic E-state index is 12.9. The number of carbonyl (C=O) groups is 1. The van der Waals surface area contributed by atoms with Crippen molar-refractivity contribution in [3.05, 3.63) is 84.4 Å². The summed E-state index contributed by atoms with van der Waals surface area (Å²) in [6.07, 6.45) is 0. The Balaban J connectivity index is 1.69. The summed E-state index contributed by atoms with van der Waals surface area (Å²) in [6.45, 7) is 0.550. The molecule has 0 bridgehead atoms. The first-order valence-corrected chi connectivity index (χ1v) is 10.1. The number of rotatable bonds is 3. The number of anilines is 1. The summed E-state index contributed by atoms with van der Waals surface area (Å²) in [5.74, 6) is 0.455. The highest BCUT2D eigenvalue weighted by atomic mass is 32.2. The molecule has 0 aliphatic carbocycles. The molecular weight excluding hydrogens is 366 g/mol. The zero-order chi connectivity index (χ0) is 18.9. The van der Waals surface area contributed by atoms with Gasteiger partial charge in [0.15, 0.2) is 5.17 Å². The molecular formula is C23H17N3OS. The summed E-state index contributed by atoms with van der Waals surface area (Å²) in [7, 11) is 0. The van der Waals surface area contributed by atoms with Crippen LogP contribution in [0.3, 0.4) is 0 Å². The molecule has 1 aromatic heterocycles. The SMILES string of the molecule is O=C1CSC(=NCc2ccccc2)N1c1c2ccccc2nc2ccccc12. The third-order valence-corrected chi connectivity index (χ3v) is 5.75. The van der Waals surface area contributed by atoms with Crippen LogP contribution in [-0.2, 0) is 11.3 Å². The van der Waals surface area contributed by atoms with Crippen LogP contribution >= 0.6 is 11.8 Å². The number of carbonyl (C=O) groups excluding carboxylic acids is 1. The molecule has 5 heteroatoms. The lowest BCUT2D eigenvalue weighted by atomic mass is 10.1. The first-order valence-electron chi connectivity index (χ1n) is 9.13. The number of hydrogen-bond donors (Lipinski definition) is 0. The highest BCUT2D eigenvalue weighted by molar-refractivity contribution is 8.15. The maximum absolute atomic E-state index is 12.9. The van der Waals surface area contributed by atoms with Crippen molar-refractivity contribution >= 4 is 50.3 Å². The predicted molar refractivity (Wildman–Crippen MR) is 117 cm³/mol. The van der Waals surface area contributed by atoms with Crippen molar-refractivity contribution in [2.24, 2.45) is 4.99 Å². The average Bonchev–Trinajstić information content (AvgIpc) is 3.11. The van der Waals surface area contributed by atoms with Crippen molar-refractivity contribution < 1.29 is 4.79 Å². The molecule has 0 saturated carbocycles. The number of pyridine rings is 1. The van der Waals surface area contributed by atoms with Crippen LogP contribution in [0.15, 0.2) is 83.9 Å². The van der Waals surface area contributed by atoms with Gasteiger partial charge in [-0.2, -0.15) is 0 Å². The van der Waals surface area contributed by atoms with Gasteiger partial charge in [0.1, 0.15) is 0 Å². The second kappa shape index (κ2) is 7.09. The van der Waals surface area contributed by atoms with Gasteiger partial charge < -0.3 is 0 Å². The Morgan fingerprint density at radius 2 is 1.46 bits per heavy atom. The molecule has 0 atom stereocenters. The summed E-state index contributed by atoms with van der Waals surface area (Å²) in [4.78, 5) is 24.2. The van der Waals surface area contributed by atoms with Gasteiger partial charge in [0.25, 0.3) is 0 Å². The molecule has 1 fully saturated rings. The lowest BCUT2D eigenvalue weighted by Gasteiger charge is -2.20. The van der Waals surface area contributed by atoms with Crippen LogP contribution in [-0.4, -0.2) is 21.8 Å². The van der Waals surface area contributed by atoms with Crippen LogP contribution in [0.2, 0.25) is 0 Å². The molecule has 136 valence electrons. The molecule has 0 radical (unpaired) electrons. The molecule has 1 aliphatic rings. The topological polar surface area (TPSA) is 45.6 Å². The van der Waals surface area contributed by atoms with E-state index >= 15 is 0 Å². The number of nitrogens with zero attached hydrogens (tertiary/aromatic N) is 3. The number of amides is 1. The molecule has 0 N–H and O–H groups in total. The van der Waals surface area contributed by atoms with E-state index in [-0.39, 0.29) is 5.91 Å². The van der Waals surface area contributed by atoms with Crippen molar-refractivity contribution in [2.45, 2.75) is 6.54 Å². The summed E-state index contributed by atoms with van der Waals surface area (Å²) >= 11 is 1.50. The molecule has 28 heavy (non-hydrogen) atoms. The fourth-order valence-corrected chi connectivity index (χ4v) is 4.36. The van der Waals surface area contributed by atoms with E-state index in [0.717, 1.165) is 38.2 Å². The number of aromatic nitrogens is 1. The molecule has 2 heterocycles. The summed E-state index contributed by atoms with van der Waals surface area (Å²) in [5, 5.41) is 2.67. The number of benzene rings is 3. The maximum Gasteiger partial charge on any atom is 0.243 e. The lowest BCUT2D eigenvalue weighted by Crippen LogP contribution is -2.30. The monoisotopic (exact) mass is 383 g/mol. The fraction of sp³-hybridized carbons (Fsp3) is 0.0870. The number of aliphatic imine (C=N–C) groups is 1. The van der Waals surface area contributed by atoms with Crippen molar-refractivity contribution in [3.8, 4) is 0 Å². The molecule has 0 spiro atoms. The second-order valence-corrected chi connectivity index (χ2v) is 7.54. The number of para-hydroxylation sites is 2. The van der Waals surface area contributed by atoms with Gasteiger partial charge in [0.05, 0.1) is 29.0 Å². The summed E-state index contributed by atoms with van der Waals surface area (Å²) < 4.78 is 0. The molecule has 1 amide bonds. The molecule has 4 aromatic rings. The number of hydrogen-bond acceptors (Lipinski definition) is 4. The van der Waals surface area contributed by atoms with Gasteiger partial charge in [-0.15, -0.1) is 0 Å². The molecule has 1 saturated heterocycles. The Hall–Kier alpha value is -3.18. The van der Waals surface area contributed by atoms with Crippen molar-refractivity contribution in [3.63, 3.8) is 0 Å². The van der Waals surface area contributed by atoms with E-state index in [1.54, 1.807) is 4.90 Å². The van der Waals surface area contributed by atoms with Gasteiger partial charge in [-0.25, -0.2) is 4.98 Å². The van der Waals surface area contributed by atoms with Gasteiger partial charge in [0, 0.05) is 10.8 Å². The summed E-state index contributed by atoms with van der Waals surface area (Å²) in [6, 6.07) is 26.0. The minimum atomic E-state index is 0.0540. The number of amidine groups is 1. The van der Waals surface area contributed by atoms with Crippen LogP contribution in [0.4, 0.5) is 5.69 Å². The minimum Gasteiger partial charge on any atom is -0.273 e. The standard InChI is InChI=1S/C23H17N3OS/c27-21-15-28-23(24-14-16-8-2-1-3-9-16)26(21)22-17-10-4-6-12-19(17)25-20-13-7-5-11-18(20)22/h1-13H,14-15H2. The predicted octanol–water partition coefficient (Wildman–Crippen LogP) is 5.02. The van der Waals surface area contributed by atoms with E-state index in [4.69, 9.17) is 9.98 Å². The third kappa shape index (κ3) is 2.94. The molecule has 3 aromatic carbocycles. The number of fused-ring (bicyclic) bond motifs is 2. The zero-order valence-corrected chi connectivity index (χ0v) is 15.9. The number of thioether (sulfide) groups is 1. The Labute approximate surface area is 166 Å². The van der Waals surface area contributed by atoms with Gasteiger partial charge >= 0.3 is 0 Å². The molecule has 1 aliphatic heterocycles. The Morgan fingerprint density at radius 3 is 2.14 bits per heavy atom. The lowest BCUT2D eigenvalue weighted by molar-refractivity contribution is -0.115.